The van der Waals surface area contributed by atoms with E-state index in [-0.39, 0.29) is 18.0 Å². The number of halogens is 1. The van der Waals surface area contributed by atoms with E-state index in [4.69, 9.17) is 16.3 Å². The summed E-state index contributed by atoms with van der Waals surface area (Å²) >= 11 is 5.93. The quantitative estimate of drug-likeness (QED) is 0.921. The van der Waals surface area contributed by atoms with Crippen molar-refractivity contribution in [2.45, 2.75) is 18.9 Å². The number of methoxy groups -OCH3 is 1. The van der Waals surface area contributed by atoms with Crippen molar-refractivity contribution in [3.8, 4) is 6.01 Å². The molecular weight excluding hydrogens is 328 g/mol. The van der Waals surface area contributed by atoms with Gasteiger partial charge in [-0.25, -0.2) is 4.98 Å². The largest absolute Gasteiger partial charge is 0.467 e. The van der Waals surface area contributed by atoms with Gasteiger partial charge in [-0.2, -0.15) is 4.98 Å². The Labute approximate surface area is 145 Å². The van der Waals surface area contributed by atoms with Crippen molar-refractivity contribution in [1.29, 1.82) is 0 Å². The summed E-state index contributed by atoms with van der Waals surface area (Å²) in [5.41, 5.74) is 1.48. The Kier molecular flexibility index (Phi) is 5.15. The van der Waals surface area contributed by atoms with Crippen LogP contribution in [0.3, 0.4) is 0 Å². The molecule has 2 heterocycles. The Morgan fingerprint density at radius 1 is 1.25 bits per heavy atom. The number of piperidine rings is 1. The number of hydrogen-bond acceptors (Lipinski definition) is 5. The number of hydrogen-bond donors (Lipinski definition) is 1. The van der Waals surface area contributed by atoms with Crippen molar-refractivity contribution in [1.82, 2.24) is 15.3 Å². The number of carbonyl (C=O) groups excluding carboxylic acids is 1. The number of nitrogens with zero attached hydrogens (tertiary/aromatic N) is 3. The van der Waals surface area contributed by atoms with Gasteiger partial charge in [0.2, 0.25) is 0 Å². The average Bonchev–Trinajstić information content (AvgIpc) is 2.63. The maximum atomic E-state index is 12.3. The molecule has 7 heteroatoms. The number of ether oxygens (including phenoxy) is 1. The van der Waals surface area contributed by atoms with Gasteiger partial charge in [-0.1, -0.05) is 11.6 Å². The van der Waals surface area contributed by atoms with E-state index in [9.17, 15) is 4.79 Å². The average molecular weight is 347 g/mol. The van der Waals surface area contributed by atoms with Crippen LogP contribution in [0.1, 0.15) is 23.3 Å². The van der Waals surface area contributed by atoms with Crippen LogP contribution in [0, 0.1) is 0 Å². The van der Waals surface area contributed by atoms with Crippen molar-refractivity contribution in [2.24, 2.45) is 0 Å². The molecule has 2 aromatic rings. The molecule has 1 aliphatic rings. The first kappa shape index (κ1) is 16.5. The lowest BCUT2D eigenvalue weighted by molar-refractivity contribution is 0.0924. The fourth-order valence-corrected chi connectivity index (χ4v) is 2.88. The van der Waals surface area contributed by atoms with Crippen LogP contribution >= 0.6 is 11.6 Å². The van der Waals surface area contributed by atoms with Crippen LogP contribution in [-0.2, 0) is 0 Å². The van der Waals surface area contributed by atoms with E-state index < -0.39 is 0 Å². The van der Waals surface area contributed by atoms with Crippen molar-refractivity contribution in [2.75, 3.05) is 25.1 Å². The summed E-state index contributed by atoms with van der Waals surface area (Å²) in [6, 6.07) is 9.76. The van der Waals surface area contributed by atoms with Gasteiger partial charge in [0.25, 0.3) is 5.91 Å². The van der Waals surface area contributed by atoms with Gasteiger partial charge in [-0.05, 0) is 43.2 Å². The van der Waals surface area contributed by atoms with E-state index in [1.807, 2.05) is 24.3 Å². The molecule has 0 spiro atoms. The lowest BCUT2D eigenvalue weighted by atomic mass is 10.0. The van der Waals surface area contributed by atoms with E-state index >= 15 is 0 Å². The highest BCUT2D eigenvalue weighted by Gasteiger charge is 2.22. The second-order valence-electron chi connectivity index (χ2n) is 5.64. The normalized spacial score (nSPS) is 15.2. The zero-order valence-electron chi connectivity index (χ0n) is 13.4. The first-order chi connectivity index (χ1) is 11.7. The maximum Gasteiger partial charge on any atom is 0.316 e. The van der Waals surface area contributed by atoms with Crippen LogP contribution in [0.5, 0.6) is 6.01 Å². The minimum Gasteiger partial charge on any atom is -0.467 e. The minimum absolute atomic E-state index is 0.141. The van der Waals surface area contributed by atoms with E-state index in [0.29, 0.717) is 5.69 Å². The van der Waals surface area contributed by atoms with Gasteiger partial charge in [0.1, 0.15) is 5.69 Å². The number of nitrogens with one attached hydrogen (secondary N) is 1. The highest BCUT2D eigenvalue weighted by molar-refractivity contribution is 6.30. The van der Waals surface area contributed by atoms with Crippen molar-refractivity contribution in [3.63, 3.8) is 0 Å². The molecule has 0 bridgehead atoms. The monoisotopic (exact) mass is 346 g/mol. The molecule has 1 aromatic heterocycles. The van der Waals surface area contributed by atoms with E-state index in [2.05, 4.69) is 20.2 Å². The standard InChI is InChI=1S/C17H19ClN4O2/c1-24-17-19-9-6-15(21-17)16(23)20-13-7-10-22(11-8-13)14-4-2-12(18)3-5-14/h2-6,9,13H,7-8,10-11H2,1H3,(H,20,23). The molecule has 0 saturated carbocycles. The summed E-state index contributed by atoms with van der Waals surface area (Å²) in [6.45, 7) is 1.78. The van der Waals surface area contributed by atoms with Crippen LogP contribution < -0.4 is 15.0 Å². The van der Waals surface area contributed by atoms with Crippen molar-refractivity contribution < 1.29 is 9.53 Å². The molecule has 0 unspecified atom stereocenters. The third-order valence-corrected chi connectivity index (χ3v) is 4.32. The van der Waals surface area contributed by atoms with E-state index in [0.717, 1.165) is 36.6 Å². The molecule has 0 atom stereocenters. The Morgan fingerprint density at radius 3 is 2.62 bits per heavy atom. The third-order valence-electron chi connectivity index (χ3n) is 4.07. The van der Waals surface area contributed by atoms with Crippen molar-refractivity contribution in [3.05, 3.63) is 47.2 Å². The second kappa shape index (κ2) is 7.49. The number of amides is 1. The minimum atomic E-state index is -0.194. The highest BCUT2D eigenvalue weighted by atomic mass is 35.5. The van der Waals surface area contributed by atoms with Gasteiger partial charge >= 0.3 is 6.01 Å². The summed E-state index contributed by atoms with van der Waals surface area (Å²) < 4.78 is 4.95. The summed E-state index contributed by atoms with van der Waals surface area (Å²) in [7, 11) is 1.48. The van der Waals surface area contributed by atoms with Gasteiger partial charge in [0.05, 0.1) is 7.11 Å². The molecule has 24 heavy (non-hydrogen) atoms. The number of anilines is 1. The smallest absolute Gasteiger partial charge is 0.316 e. The molecule has 1 N–H and O–H groups in total. The fraction of sp³-hybridized carbons (Fsp3) is 0.353. The van der Waals surface area contributed by atoms with Crippen LogP contribution in [-0.4, -0.2) is 42.1 Å². The molecule has 1 amide bonds. The molecule has 1 aromatic carbocycles. The number of rotatable bonds is 4. The van der Waals surface area contributed by atoms with Gasteiger partial charge in [-0.3, -0.25) is 4.79 Å². The Balaban J connectivity index is 1.55. The number of aromatic nitrogens is 2. The third kappa shape index (κ3) is 3.94. The zero-order valence-corrected chi connectivity index (χ0v) is 14.2. The molecule has 1 fully saturated rings. The first-order valence-corrected chi connectivity index (χ1v) is 8.22. The van der Waals surface area contributed by atoms with Gasteiger partial charge in [-0.15, -0.1) is 0 Å². The van der Waals surface area contributed by atoms with Crippen LogP contribution in [0.25, 0.3) is 0 Å². The molecule has 3 rings (SSSR count). The Bertz CT molecular complexity index is 700. The van der Waals surface area contributed by atoms with Crippen LogP contribution in [0.4, 0.5) is 5.69 Å². The molecule has 1 aliphatic heterocycles. The summed E-state index contributed by atoms with van der Waals surface area (Å²) in [5.74, 6) is -0.194. The lowest BCUT2D eigenvalue weighted by Gasteiger charge is -2.34. The van der Waals surface area contributed by atoms with Gasteiger partial charge < -0.3 is 15.0 Å². The topological polar surface area (TPSA) is 67.3 Å². The number of benzene rings is 1. The Morgan fingerprint density at radius 2 is 1.96 bits per heavy atom. The molecule has 0 radical (unpaired) electrons. The molecule has 126 valence electrons. The van der Waals surface area contributed by atoms with Gasteiger partial charge in [0.15, 0.2) is 0 Å². The van der Waals surface area contributed by atoms with Gasteiger partial charge in [0, 0.05) is 36.0 Å². The summed E-state index contributed by atoms with van der Waals surface area (Å²) in [6.07, 6.45) is 3.29. The number of carbonyl (C=O) groups is 1. The van der Waals surface area contributed by atoms with Crippen LogP contribution in [0.15, 0.2) is 36.5 Å². The summed E-state index contributed by atoms with van der Waals surface area (Å²) in [5, 5.41) is 3.77. The molecular formula is C17H19ClN4O2. The predicted octanol–water partition coefficient (Wildman–Crippen LogP) is 2.54. The van der Waals surface area contributed by atoms with E-state index in [1.165, 1.54) is 13.3 Å². The predicted molar refractivity (Wildman–Crippen MR) is 92.7 cm³/mol. The second-order valence-corrected chi connectivity index (χ2v) is 6.08. The zero-order chi connectivity index (χ0) is 16.9. The Hall–Kier alpha value is -2.34. The highest BCUT2D eigenvalue weighted by Crippen LogP contribution is 2.22. The maximum absolute atomic E-state index is 12.3. The lowest BCUT2D eigenvalue weighted by Crippen LogP contribution is -2.44. The molecule has 6 nitrogen and oxygen atoms in total. The first-order valence-electron chi connectivity index (χ1n) is 7.84. The SMILES string of the molecule is COc1nccc(C(=O)NC2CCN(c3ccc(Cl)cc3)CC2)n1. The summed E-state index contributed by atoms with van der Waals surface area (Å²) in [4.78, 5) is 22.5. The van der Waals surface area contributed by atoms with Crippen molar-refractivity contribution >= 4 is 23.2 Å². The molecule has 1 saturated heterocycles. The van der Waals surface area contributed by atoms with Crippen LogP contribution in [0.2, 0.25) is 5.02 Å². The fourth-order valence-electron chi connectivity index (χ4n) is 2.76. The molecule has 0 aliphatic carbocycles. The van der Waals surface area contributed by atoms with E-state index in [1.54, 1.807) is 6.07 Å².